The molecule has 1 unspecified atom stereocenters. The molecule has 1 atom stereocenters. The van der Waals surface area contributed by atoms with E-state index in [1.54, 1.807) is 14.8 Å². The third-order valence-corrected chi connectivity index (χ3v) is 4.19. The van der Waals surface area contributed by atoms with Crippen molar-refractivity contribution in [3.63, 3.8) is 0 Å². The molecule has 1 aromatic rings. The van der Waals surface area contributed by atoms with Gasteiger partial charge in [0, 0.05) is 18.3 Å². The predicted molar refractivity (Wildman–Crippen MR) is 85.1 cm³/mol. The number of thioether (sulfide) groups is 1. The fourth-order valence-corrected chi connectivity index (χ4v) is 2.99. The molecule has 0 aliphatic carbocycles. The van der Waals surface area contributed by atoms with Gasteiger partial charge in [-0.25, -0.2) is 14.8 Å². The number of hydrogen-bond donors (Lipinski definition) is 3. The number of rotatable bonds is 3. The summed E-state index contributed by atoms with van der Waals surface area (Å²) < 4.78 is 38.5. The number of nitrogens with one attached hydrogen (secondary N) is 2. The van der Waals surface area contributed by atoms with Crippen LogP contribution in [0.4, 0.5) is 23.8 Å². The predicted octanol–water partition coefficient (Wildman–Crippen LogP) is 0.226. The molecule has 6 nitrogen and oxygen atoms in total. The van der Waals surface area contributed by atoms with Crippen LogP contribution in [0.5, 0.6) is 0 Å². The zero-order valence-corrected chi connectivity index (χ0v) is 13.2. The van der Waals surface area contributed by atoms with Crippen molar-refractivity contribution in [2.24, 2.45) is 4.99 Å². The molecule has 2 rings (SSSR count). The van der Waals surface area contributed by atoms with Crippen LogP contribution in [0.1, 0.15) is 12.5 Å². The Kier molecular flexibility index (Phi) is 4.90. The standard InChI is InChI=1S/C12H14BF3N4O2S/c1-2-17-10(21)19-8-3-6(7(13)4-18-8)9-20-11(22,5-23-9)12(14,15)16/h3-4,22H,2,5,13H2,1H3,(H2,17,18,19,21). The van der Waals surface area contributed by atoms with Gasteiger partial charge < -0.3 is 10.4 Å². The molecule has 0 fully saturated rings. The van der Waals surface area contributed by atoms with Gasteiger partial charge in [0.15, 0.2) is 0 Å². The summed E-state index contributed by atoms with van der Waals surface area (Å²) in [5.41, 5.74) is -2.11. The summed E-state index contributed by atoms with van der Waals surface area (Å²) in [6.45, 7) is 2.17. The van der Waals surface area contributed by atoms with E-state index in [2.05, 4.69) is 20.6 Å². The van der Waals surface area contributed by atoms with E-state index >= 15 is 0 Å². The molecule has 0 saturated heterocycles. The lowest BCUT2D eigenvalue weighted by molar-refractivity contribution is -0.245. The van der Waals surface area contributed by atoms with E-state index < -0.39 is 23.7 Å². The van der Waals surface area contributed by atoms with Crippen molar-refractivity contribution in [2.45, 2.75) is 18.8 Å². The molecule has 0 aromatic carbocycles. The minimum Gasteiger partial charge on any atom is -0.361 e. The van der Waals surface area contributed by atoms with Crippen molar-refractivity contribution in [2.75, 3.05) is 17.6 Å². The minimum atomic E-state index is -4.84. The van der Waals surface area contributed by atoms with Crippen molar-refractivity contribution in [1.82, 2.24) is 10.3 Å². The Hall–Kier alpha value is -1.75. The fraction of sp³-hybridized carbons (Fsp3) is 0.417. The molecule has 124 valence electrons. The molecule has 11 heteroatoms. The smallest absolute Gasteiger partial charge is 0.361 e. The molecule has 0 saturated carbocycles. The molecule has 3 N–H and O–H groups in total. The maximum atomic E-state index is 12.8. The average Bonchev–Trinajstić information content (AvgIpc) is 2.84. The minimum absolute atomic E-state index is 0.0590. The van der Waals surface area contributed by atoms with Crippen LogP contribution in [-0.2, 0) is 0 Å². The first-order valence-electron chi connectivity index (χ1n) is 6.70. The van der Waals surface area contributed by atoms with Crippen LogP contribution >= 0.6 is 11.8 Å². The molecule has 0 bridgehead atoms. The van der Waals surface area contributed by atoms with E-state index in [1.807, 2.05) is 0 Å². The van der Waals surface area contributed by atoms with Crippen LogP contribution in [0.15, 0.2) is 17.3 Å². The number of carbonyl (C=O) groups excluding carboxylic acids is 1. The first kappa shape index (κ1) is 17.6. The zero-order valence-electron chi connectivity index (χ0n) is 12.4. The van der Waals surface area contributed by atoms with Crippen LogP contribution in [-0.4, -0.2) is 53.2 Å². The first-order valence-corrected chi connectivity index (χ1v) is 7.68. The van der Waals surface area contributed by atoms with E-state index in [0.717, 1.165) is 11.8 Å². The van der Waals surface area contributed by atoms with Crippen LogP contribution in [0.25, 0.3) is 0 Å². The van der Waals surface area contributed by atoms with Gasteiger partial charge in [0.1, 0.15) is 18.7 Å². The van der Waals surface area contributed by atoms with Crippen LogP contribution in [0.2, 0.25) is 0 Å². The van der Waals surface area contributed by atoms with Crippen LogP contribution in [0.3, 0.4) is 0 Å². The van der Waals surface area contributed by atoms with Gasteiger partial charge in [0.05, 0.1) is 5.75 Å². The summed E-state index contributed by atoms with van der Waals surface area (Å²) >= 11 is 0.805. The summed E-state index contributed by atoms with van der Waals surface area (Å²) in [7, 11) is 1.66. The zero-order chi connectivity index (χ0) is 17.3. The summed E-state index contributed by atoms with van der Waals surface area (Å²) in [5, 5.41) is 14.7. The van der Waals surface area contributed by atoms with Gasteiger partial charge in [0.2, 0.25) is 0 Å². The van der Waals surface area contributed by atoms with Gasteiger partial charge in [-0.05, 0) is 13.0 Å². The number of aliphatic imine (C=N–C) groups is 1. The van der Waals surface area contributed by atoms with Crippen molar-refractivity contribution < 1.29 is 23.1 Å². The van der Waals surface area contributed by atoms with E-state index in [9.17, 15) is 23.1 Å². The number of pyridine rings is 1. The molecule has 23 heavy (non-hydrogen) atoms. The number of urea groups is 1. The summed E-state index contributed by atoms with van der Waals surface area (Å²) in [5.74, 6) is -0.422. The highest BCUT2D eigenvalue weighted by atomic mass is 32.2. The highest BCUT2D eigenvalue weighted by molar-refractivity contribution is 8.14. The lowest BCUT2D eigenvalue weighted by Crippen LogP contribution is -2.43. The normalized spacial score (nSPS) is 21.0. The maximum Gasteiger partial charge on any atom is 0.439 e. The number of nitrogens with zero attached hydrogens (tertiary/aromatic N) is 2. The van der Waals surface area contributed by atoms with Gasteiger partial charge >= 0.3 is 12.2 Å². The van der Waals surface area contributed by atoms with Crippen molar-refractivity contribution in [3.05, 3.63) is 17.8 Å². The Morgan fingerprint density at radius 2 is 2.26 bits per heavy atom. The molecular formula is C12H14BF3N4O2S. The number of amides is 2. The number of aliphatic hydroxyl groups is 1. The van der Waals surface area contributed by atoms with Gasteiger partial charge in [-0.15, -0.1) is 11.8 Å². The largest absolute Gasteiger partial charge is 0.439 e. The number of halogens is 3. The van der Waals surface area contributed by atoms with E-state index in [4.69, 9.17) is 0 Å². The van der Waals surface area contributed by atoms with Crippen molar-refractivity contribution >= 4 is 42.0 Å². The Labute approximate surface area is 135 Å². The van der Waals surface area contributed by atoms with Crippen LogP contribution < -0.4 is 16.1 Å². The third-order valence-electron chi connectivity index (χ3n) is 3.06. The number of aromatic nitrogens is 1. The Morgan fingerprint density at radius 1 is 1.57 bits per heavy atom. The lowest BCUT2D eigenvalue weighted by Gasteiger charge is -2.21. The summed E-state index contributed by atoms with van der Waals surface area (Å²) in [4.78, 5) is 18.9. The highest BCUT2D eigenvalue weighted by Crippen LogP contribution is 2.40. The van der Waals surface area contributed by atoms with E-state index in [0.29, 0.717) is 17.6 Å². The van der Waals surface area contributed by atoms with Crippen molar-refractivity contribution in [3.8, 4) is 0 Å². The second-order valence-electron chi connectivity index (χ2n) is 4.89. The average molecular weight is 346 g/mol. The Bertz CT molecular complexity index is 656. The van der Waals surface area contributed by atoms with Gasteiger partial charge in [-0.3, -0.25) is 5.32 Å². The topological polar surface area (TPSA) is 86.6 Å². The highest BCUT2D eigenvalue weighted by Gasteiger charge is 2.56. The summed E-state index contributed by atoms with van der Waals surface area (Å²) in [6.07, 6.45) is -3.42. The molecule has 1 aliphatic heterocycles. The number of alkyl halides is 3. The van der Waals surface area contributed by atoms with Crippen LogP contribution in [0, 0.1) is 0 Å². The first-order chi connectivity index (χ1) is 10.7. The quantitative estimate of drug-likeness (QED) is 0.684. The molecule has 1 aliphatic rings. The summed E-state index contributed by atoms with van der Waals surface area (Å²) in [6, 6.07) is 0.959. The lowest BCUT2D eigenvalue weighted by atomic mass is 9.93. The number of anilines is 1. The molecule has 2 heterocycles. The fourth-order valence-electron chi connectivity index (χ4n) is 1.83. The molecule has 0 spiro atoms. The Balaban J connectivity index is 2.30. The monoisotopic (exact) mass is 346 g/mol. The number of carbonyl (C=O) groups is 1. The second kappa shape index (κ2) is 6.40. The molecule has 1 aromatic heterocycles. The molecule has 0 radical (unpaired) electrons. The van der Waals surface area contributed by atoms with Crippen molar-refractivity contribution in [1.29, 1.82) is 0 Å². The molecular weight excluding hydrogens is 332 g/mol. The second-order valence-corrected chi connectivity index (χ2v) is 5.85. The SMILES string of the molecule is Bc1cnc(NC(=O)NCC)cc1C1=NC(O)(C(F)(F)F)CS1. The maximum absolute atomic E-state index is 12.8. The van der Waals surface area contributed by atoms with Gasteiger partial charge in [-0.2, -0.15) is 13.2 Å². The van der Waals surface area contributed by atoms with E-state index in [-0.39, 0.29) is 10.9 Å². The Morgan fingerprint density at radius 3 is 2.83 bits per heavy atom. The number of hydrogen-bond acceptors (Lipinski definition) is 5. The van der Waals surface area contributed by atoms with Gasteiger partial charge in [0.25, 0.3) is 5.72 Å². The molecule has 2 amide bonds. The third kappa shape index (κ3) is 3.78. The van der Waals surface area contributed by atoms with Gasteiger partial charge in [-0.1, -0.05) is 5.46 Å². The van der Waals surface area contributed by atoms with E-state index in [1.165, 1.54) is 12.3 Å².